The summed E-state index contributed by atoms with van der Waals surface area (Å²) in [4.78, 5) is 23.4. The lowest BCUT2D eigenvalue weighted by molar-refractivity contribution is -0.128. The van der Waals surface area contributed by atoms with Gasteiger partial charge in [0.05, 0.1) is 7.11 Å². The van der Waals surface area contributed by atoms with Crippen LogP contribution in [-0.2, 0) is 16.0 Å². The van der Waals surface area contributed by atoms with Gasteiger partial charge in [0.2, 0.25) is 5.91 Å². The standard InChI is InChI=1S/C17H27N3O4/c1-3-12-7-8-14(15(10-12)23-2)24-11-16(21)20-13(17(19)22)6-4-5-9-18/h7-8,10,13H,3-6,9,11,18H2,1-2H3,(H2,19,22)(H,20,21). The molecule has 1 atom stereocenters. The van der Waals surface area contributed by atoms with Gasteiger partial charge in [0.25, 0.3) is 5.91 Å². The van der Waals surface area contributed by atoms with E-state index < -0.39 is 17.9 Å². The number of nitrogens with two attached hydrogens (primary N) is 2. The average molecular weight is 337 g/mol. The first kappa shape index (κ1) is 19.8. The zero-order valence-corrected chi connectivity index (χ0v) is 14.3. The molecular weight excluding hydrogens is 310 g/mol. The SMILES string of the molecule is CCc1ccc(OCC(=O)NC(CCCCN)C(N)=O)c(OC)c1. The fraction of sp³-hybridized carbons (Fsp3) is 0.529. The van der Waals surface area contributed by atoms with E-state index in [9.17, 15) is 9.59 Å². The molecule has 24 heavy (non-hydrogen) atoms. The quantitative estimate of drug-likeness (QED) is 0.515. The van der Waals surface area contributed by atoms with Gasteiger partial charge >= 0.3 is 0 Å². The van der Waals surface area contributed by atoms with Gasteiger partial charge in [0.15, 0.2) is 18.1 Å². The van der Waals surface area contributed by atoms with E-state index in [1.165, 1.54) is 0 Å². The maximum atomic E-state index is 12.0. The lowest BCUT2D eigenvalue weighted by Crippen LogP contribution is -2.46. The highest BCUT2D eigenvalue weighted by atomic mass is 16.5. The van der Waals surface area contributed by atoms with Crippen LogP contribution in [0.25, 0.3) is 0 Å². The predicted octanol–water partition coefficient (Wildman–Crippen LogP) is 0.736. The molecule has 1 unspecified atom stereocenters. The van der Waals surface area contributed by atoms with Crippen LogP contribution in [0.2, 0.25) is 0 Å². The Kier molecular flexibility index (Phi) is 8.64. The average Bonchev–Trinajstić information content (AvgIpc) is 2.58. The molecule has 0 saturated heterocycles. The molecule has 0 fully saturated rings. The first-order valence-corrected chi connectivity index (χ1v) is 8.10. The van der Waals surface area contributed by atoms with Crippen LogP contribution < -0.4 is 26.3 Å². The molecule has 0 bridgehead atoms. The van der Waals surface area contributed by atoms with Crippen LogP contribution in [0.15, 0.2) is 18.2 Å². The Morgan fingerprint density at radius 2 is 2.00 bits per heavy atom. The Hall–Kier alpha value is -2.28. The highest BCUT2D eigenvalue weighted by Gasteiger charge is 2.18. The third kappa shape index (κ3) is 6.45. The van der Waals surface area contributed by atoms with Crippen LogP contribution >= 0.6 is 0 Å². The number of aryl methyl sites for hydroxylation is 1. The maximum absolute atomic E-state index is 12.0. The largest absolute Gasteiger partial charge is 0.493 e. The van der Waals surface area contributed by atoms with Gasteiger partial charge in [-0.1, -0.05) is 13.0 Å². The van der Waals surface area contributed by atoms with Gasteiger partial charge in [-0.15, -0.1) is 0 Å². The Morgan fingerprint density at radius 3 is 2.58 bits per heavy atom. The van der Waals surface area contributed by atoms with Gasteiger partial charge in [-0.3, -0.25) is 9.59 Å². The molecule has 0 aliphatic rings. The van der Waals surface area contributed by atoms with Crippen LogP contribution in [0.5, 0.6) is 11.5 Å². The molecule has 0 saturated carbocycles. The first-order valence-electron chi connectivity index (χ1n) is 8.10. The minimum atomic E-state index is -0.711. The molecule has 1 aromatic carbocycles. The van der Waals surface area contributed by atoms with Crippen LogP contribution in [-0.4, -0.2) is 38.1 Å². The minimum absolute atomic E-state index is 0.220. The second-order valence-electron chi connectivity index (χ2n) is 5.43. The molecule has 2 amide bonds. The van der Waals surface area contributed by atoms with E-state index in [0.717, 1.165) is 24.8 Å². The van der Waals surface area contributed by atoms with Crippen molar-refractivity contribution in [1.29, 1.82) is 0 Å². The summed E-state index contributed by atoms with van der Waals surface area (Å²) >= 11 is 0. The topological polar surface area (TPSA) is 117 Å². The summed E-state index contributed by atoms with van der Waals surface area (Å²) in [6.07, 6.45) is 2.84. The molecule has 0 radical (unpaired) electrons. The number of hydrogen-bond acceptors (Lipinski definition) is 5. The molecule has 0 aromatic heterocycles. The van der Waals surface area contributed by atoms with Crippen LogP contribution in [0.3, 0.4) is 0 Å². The molecule has 1 aromatic rings. The van der Waals surface area contributed by atoms with Crippen molar-refractivity contribution < 1.29 is 19.1 Å². The maximum Gasteiger partial charge on any atom is 0.258 e. The van der Waals surface area contributed by atoms with E-state index in [4.69, 9.17) is 20.9 Å². The molecule has 7 nitrogen and oxygen atoms in total. The van der Waals surface area contributed by atoms with Crippen molar-refractivity contribution in [1.82, 2.24) is 5.32 Å². The van der Waals surface area contributed by atoms with Crippen molar-refractivity contribution >= 4 is 11.8 Å². The number of unbranched alkanes of at least 4 members (excludes halogenated alkanes) is 1. The van der Waals surface area contributed by atoms with Crippen molar-refractivity contribution in [2.75, 3.05) is 20.3 Å². The third-order valence-corrected chi connectivity index (χ3v) is 3.62. The Labute approximate surface area is 142 Å². The normalized spacial score (nSPS) is 11.6. The fourth-order valence-electron chi connectivity index (χ4n) is 2.21. The summed E-state index contributed by atoms with van der Waals surface area (Å²) in [6.45, 7) is 2.36. The number of hydrogen-bond donors (Lipinski definition) is 3. The fourth-order valence-corrected chi connectivity index (χ4v) is 2.21. The van der Waals surface area contributed by atoms with E-state index in [1.54, 1.807) is 13.2 Å². The summed E-state index contributed by atoms with van der Waals surface area (Å²) in [5.41, 5.74) is 11.8. The zero-order valence-electron chi connectivity index (χ0n) is 14.3. The van der Waals surface area contributed by atoms with E-state index in [0.29, 0.717) is 24.5 Å². The Bertz CT molecular complexity index is 549. The number of carbonyl (C=O) groups is 2. The molecule has 134 valence electrons. The highest BCUT2D eigenvalue weighted by Crippen LogP contribution is 2.28. The van der Waals surface area contributed by atoms with E-state index in [2.05, 4.69) is 5.32 Å². The number of nitrogens with one attached hydrogen (secondary N) is 1. The van der Waals surface area contributed by atoms with Gasteiger partial charge in [-0.25, -0.2) is 0 Å². The Balaban J connectivity index is 2.56. The van der Waals surface area contributed by atoms with Gasteiger partial charge in [-0.05, 0) is 49.9 Å². The van der Waals surface area contributed by atoms with Crippen LogP contribution in [0.4, 0.5) is 0 Å². The zero-order chi connectivity index (χ0) is 17.9. The number of rotatable bonds is 11. The molecule has 5 N–H and O–H groups in total. The summed E-state index contributed by atoms with van der Waals surface area (Å²) < 4.78 is 10.7. The smallest absolute Gasteiger partial charge is 0.258 e. The van der Waals surface area contributed by atoms with Gasteiger partial charge in [0, 0.05) is 0 Å². The molecule has 1 rings (SSSR count). The highest BCUT2D eigenvalue weighted by molar-refractivity contribution is 5.87. The summed E-state index contributed by atoms with van der Waals surface area (Å²) in [5.74, 6) is 0.0681. The lowest BCUT2D eigenvalue weighted by atomic mass is 10.1. The number of ether oxygens (including phenoxy) is 2. The van der Waals surface area contributed by atoms with Gasteiger partial charge in [0.1, 0.15) is 6.04 Å². The van der Waals surface area contributed by atoms with E-state index in [-0.39, 0.29) is 6.61 Å². The monoisotopic (exact) mass is 337 g/mol. The first-order chi connectivity index (χ1) is 11.5. The minimum Gasteiger partial charge on any atom is -0.493 e. The summed E-state index contributed by atoms with van der Waals surface area (Å²) in [5, 5.41) is 2.59. The number of benzene rings is 1. The van der Waals surface area contributed by atoms with E-state index >= 15 is 0 Å². The van der Waals surface area contributed by atoms with Crippen molar-refractivity contribution in [2.45, 2.75) is 38.6 Å². The third-order valence-electron chi connectivity index (χ3n) is 3.62. The van der Waals surface area contributed by atoms with Gasteiger partial charge < -0.3 is 26.3 Å². The number of methoxy groups -OCH3 is 1. The van der Waals surface area contributed by atoms with Crippen LogP contribution in [0, 0.1) is 0 Å². The van der Waals surface area contributed by atoms with Gasteiger partial charge in [-0.2, -0.15) is 0 Å². The molecule has 0 aliphatic carbocycles. The van der Waals surface area contributed by atoms with Crippen molar-refractivity contribution in [3.05, 3.63) is 23.8 Å². The van der Waals surface area contributed by atoms with E-state index in [1.807, 2.05) is 19.1 Å². The molecule has 7 heteroatoms. The number of carbonyl (C=O) groups excluding carboxylic acids is 2. The summed E-state index contributed by atoms with van der Waals surface area (Å²) in [6, 6.07) is 4.83. The predicted molar refractivity (Wildman–Crippen MR) is 91.9 cm³/mol. The van der Waals surface area contributed by atoms with Crippen molar-refractivity contribution in [3.8, 4) is 11.5 Å². The van der Waals surface area contributed by atoms with Crippen LogP contribution in [0.1, 0.15) is 31.7 Å². The molecule has 0 aliphatic heterocycles. The Morgan fingerprint density at radius 1 is 1.25 bits per heavy atom. The second-order valence-corrected chi connectivity index (χ2v) is 5.43. The molecule has 0 spiro atoms. The molecular formula is C17H27N3O4. The summed E-state index contributed by atoms with van der Waals surface area (Å²) in [7, 11) is 1.54. The van der Waals surface area contributed by atoms with Crippen molar-refractivity contribution in [3.63, 3.8) is 0 Å². The number of primary amides is 1. The van der Waals surface area contributed by atoms with Crippen molar-refractivity contribution in [2.24, 2.45) is 11.5 Å². The lowest BCUT2D eigenvalue weighted by Gasteiger charge is -2.16. The number of amides is 2. The second kappa shape index (κ2) is 10.5. The molecule has 0 heterocycles.